The van der Waals surface area contributed by atoms with Gasteiger partial charge < -0.3 is 9.64 Å². The lowest BCUT2D eigenvalue weighted by Gasteiger charge is -2.26. The third kappa shape index (κ3) is 3.43. The molecule has 2 heterocycles. The van der Waals surface area contributed by atoms with Gasteiger partial charge in [0.1, 0.15) is 5.56 Å². The van der Waals surface area contributed by atoms with E-state index in [1.807, 2.05) is 0 Å². The highest BCUT2D eigenvalue weighted by atomic mass is 32.1. The van der Waals surface area contributed by atoms with E-state index in [0.29, 0.717) is 24.6 Å². The van der Waals surface area contributed by atoms with E-state index in [4.69, 9.17) is 0 Å². The van der Waals surface area contributed by atoms with Gasteiger partial charge in [0.15, 0.2) is 5.13 Å². The topological polar surface area (TPSA) is 115 Å². The zero-order valence-electron chi connectivity index (χ0n) is 13.2. The van der Waals surface area contributed by atoms with Crippen LogP contribution in [0.25, 0.3) is 0 Å². The molecule has 130 valence electrons. The number of thiazole rings is 1. The number of para-hydroxylation sites is 1. The quantitative estimate of drug-likeness (QED) is 0.662. The molecule has 0 radical (unpaired) electrons. The number of carbonyl (C=O) groups excluding carboxylic acids is 2. The molecule has 2 aromatic rings. The number of amides is 2. The van der Waals surface area contributed by atoms with Crippen LogP contribution in [0.1, 0.15) is 20.9 Å². The number of nitrogens with one attached hydrogen (secondary N) is 1. The fraction of sp³-hybridized carbons (Fsp3) is 0.267. The smallest absolute Gasteiger partial charge is 0.413 e. The molecular weight excluding hydrogens is 348 g/mol. The summed E-state index contributed by atoms with van der Waals surface area (Å²) in [5.74, 6) is -0.395. The number of anilines is 1. The molecule has 0 bridgehead atoms. The number of benzene rings is 1. The Balaban J connectivity index is 1.80. The summed E-state index contributed by atoms with van der Waals surface area (Å²) in [4.78, 5) is 41.2. The highest BCUT2D eigenvalue weighted by molar-refractivity contribution is 7.15. The second-order valence-electron chi connectivity index (χ2n) is 5.26. The highest BCUT2D eigenvalue weighted by Crippen LogP contribution is 2.30. The van der Waals surface area contributed by atoms with Gasteiger partial charge in [-0.05, 0) is 6.07 Å². The van der Waals surface area contributed by atoms with Gasteiger partial charge in [0, 0.05) is 23.9 Å². The Hall–Kier alpha value is -3.01. The Morgan fingerprint density at radius 1 is 1.40 bits per heavy atom. The molecule has 1 aliphatic heterocycles. The number of nitro groups is 1. The summed E-state index contributed by atoms with van der Waals surface area (Å²) < 4.78 is 4.53. The van der Waals surface area contributed by atoms with E-state index < -0.39 is 16.9 Å². The average molecular weight is 362 g/mol. The van der Waals surface area contributed by atoms with Crippen molar-refractivity contribution < 1.29 is 19.2 Å². The van der Waals surface area contributed by atoms with Gasteiger partial charge in [0.05, 0.1) is 24.3 Å². The van der Waals surface area contributed by atoms with E-state index in [1.165, 1.54) is 36.6 Å². The van der Waals surface area contributed by atoms with Crippen molar-refractivity contribution in [2.45, 2.75) is 13.0 Å². The average Bonchev–Trinajstić information content (AvgIpc) is 3.02. The van der Waals surface area contributed by atoms with Crippen molar-refractivity contribution in [1.82, 2.24) is 9.88 Å². The molecule has 0 saturated heterocycles. The predicted octanol–water partition coefficient (Wildman–Crippen LogP) is 2.43. The Bertz CT molecular complexity index is 850. The van der Waals surface area contributed by atoms with Gasteiger partial charge in [-0.25, -0.2) is 9.78 Å². The molecule has 1 aliphatic rings. The van der Waals surface area contributed by atoms with Crippen LogP contribution in [0.3, 0.4) is 0 Å². The molecule has 0 fully saturated rings. The molecule has 1 N–H and O–H groups in total. The van der Waals surface area contributed by atoms with Crippen molar-refractivity contribution in [2.75, 3.05) is 19.0 Å². The van der Waals surface area contributed by atoms with E-state index in [-0.39, 0.29) is 11.3 Å². The van der Waals surface area contributed by atoms with Gasteiger partial charge in [-0.15, -0.1) is 0 Å². The molecule has 0 aliphatic carbocycles. The number of nitrogens with zero attached hydrogens (tertiary/aromatic N) is 3. The molecule has 1 aromatic carbocycles. The zero-order valence-corrected chi connectivity index (χ0v) is 14.0. The van der Waals surface area contributed by atoms with Crippen molar-refractivity contribution in [3.63, 3.8) is 0 Å². The van der Waals surface area contributed by atoms with E-state index in [2.05, 4.69) is 15.0 Å². The van der Waals surface area contributed by atoms with E-state index in [0.717, 1.165) is 10.6 Å². The fourth-order valence-corrected chi connectivity index (χ4v) is 3.55. The number of fused-ring (bicyclic) bond motifs is 1. The normalized spacial score (nSPS) is 13.1. The van der Waals surface area contributed by atoms with E-state index in [1.54, 1.807) is 11.0 Å². The monoisotopic (exact) mass is 362 g/mol. The number of hydrogen-bond donors (Lipinski definition) is 1. The molecule has 0 unspecified atom stereocenters. The molecule has 1 aromatic heterocycles. The first-order chi connectivity index (χ1) is 12.0. The van der Waals surface area contributed by atoms with Crippen LogP contribution in [0, 0.1) is 10.1 Å². The molecule has 0 saturated carbocycles. The van der Waals surface area contributed by atoms with Crippen LogP contribution in [-0.2, 0) is 17.7 Å². The molecule has 25 heavy (non-hydrogen) atoms. The van der Waals surface area contributed by atoms with Crippen LogP contribution >= 0.6 is 11.3 Å². The molecule has 3 rings (SSSR count). The third-order valence-corrected chi connectivity index (χ3v) is 4.74. The lowest BCUT2D eigenvalue weighted by atomic mass is 10.1. The summed E-state index contributed by atoms with van der Waals surface area (Å²) in [5, 5.41) is 14.0. The minimum atomic E-state index is -0.612. The lowest BCUT2D eigenvalue weighted by molar-refractivity contribution is -0.385. The Morgan fingerprint density at radius 2 is 2.16 bits per heavy atom. The number of carbonyl (C=O) groups is 2. The number of ether oxygens (including phenoxy) is 1. The number of rotatable bonds is 3. The SMILES string of the molecule is COC(=O)Nc1nc2c(s1)CN(C(=O)c1ccccc1[N+](=O)[O-])CC2. The summed E-state index contributed by atoms with van der Waals surface area (Å²) in [6, 6.07) is 5.89. The summed E-state index contributed by atoms with van der Waals surface area (Å²) in [6.07, 6.45) is -0.0972. The van der Waals surface area contributed by atoms with Crippen molar-refractivity contribution in [3.8, 4) is 0 Å². The van der Waals surface area contributed by atoms with Gasteiger partial charge in [0.25, 0.3) is 11.6 Å². The standard InChI is InChI=1S/C15H14N4O5S/c1-24-15(21)17-14-16-10-6-7-18(8-12(10)25-14)13(20)9-4-2-3-5-11(9)19(22)23/h2-5H,6-8H2,1H3,(H,16,17,21). The molecule has 0 atom stereocenters. The minimum Gasteiger partial charge on any atom is -0.453 e. The zero-order chi connectivity index (χ0) is 18.0. The Labute approximate surface area is 146 Å². The lowest BCUT2D eigenvalue weighted by Crippen LogP contribution is -2.35. The second kappa shape index (κ2) is 6.85. The van der Waals surface area contributed by atoms with Gasteiger partial charge in [-0.2, -0.15) is 0 Å². The van der Waals surface area contributed by atoms with Gasteiger partial charge in [0.2, 0.25) is 0 Å². The molecule has 9 nitrogen and oxygen atoms in total. The van der Waals surface area contributed by atoms with Gasteiger partial charge >= 0.3 is 6.09 Å². The first-order valence-corrected chi connectivity index (χ1v) is 8.17. The number of hydrogen-bond acceptors (Lipinski definition) is 7. The van der Waals surface area contributed by atoms with Crippen molar-refractivity contribution in [2.24, 2.45) is 0 Å². The Morgan fingerprint density at radius 3 is 2.88 bits per heavy atom. The maximum absolute atomic E-state index is 12.7. The summed E-state index contributed by atoms with van der Waals surface area (Å²) in [6.45, 7) is 0.694. The summed E-state index contributed by atoms with van der Waals surface area (Å²) in [5.41, 5.74) is 0.659. The molecule has 0 spiro atoms. The van der Waals surface area contributed by atoms with Gasteiger partial charge in [-0.1, -0.05) is 23.5 Å². The molecule has 2 amide bonds. The Kier molecular flexibility index (Phi) is 4.61. The maximum atomic E-state index is 12.7. The van der Waals surface area contributed by atoms with Crippen LogP contribution in [0.15, 0.2) is 24.3 Å². The predicted molar refractivity (Wildman–Crippen MR) is 89.7 cm³/mol. The van der Waals surface area contributed by atoms with Crippen LogP contribution in [-0.4, -0.2) is 40.5 Å². The second-order valence-corrected chi connectivity index (χ2v) is 6.34. The molecular formula is C15H14N4O5S. The highest BCUT2D eigenvalue weighted by Gasteiger charge is 2.29. The summed E-state index contributed by atoms with van der Waals surface area (Å²) in [7, 11) is 1.26. The number of aromatic nitrogens is 1. The van der Waals surface area contributed by atoms with Crippen LogP contribution in [0.5, 0.6) is 0 Å². The van der Waals surface area contributed by atoms with E-state index in [9.17, 15) is 19.7 Å². The third-order valence-electron chi connectivity index (χ3n) is 3.74. The van der Waals surface area contributed by atoms with Gasteiger partial charge in [-0.3, -0.25) is 20.2 Å². The van der Waals surface area contributed by atoms with Crippen molar-refractivity contribution in [3.05, 3.63) is 50.5 Å². The van der Waals surface area contributed by atoms with Crippen LogP contribution in [0.4, 0.5) is 15.6 Å². The van der Waals surface area contributed by atoms with Crippen molar-refractivity contribution in [1.29, 1.82) is 0 Å². The first kappa shape index (κ1) is 16.8. The molecule has 10 heteroatoms. The van der Waals surface area contributed by atoms with E-state index >= 15 is 0 Å². The minimum absolute atomic E-state index is 0.0633. The maximum Gasteiger partial charge on any atom is 0.413 e. The number of nitro benzene ring substituents is 1. The fourth-order valence-electron chi connectivity index (χ4n) is 2.54. The van der Waals surface area contributed by atoms with Crippen LogP contribution < -0.4 is 5.32 Å². The summed E-state index contributed by atoms with van der Waals surface area (Å²) >= 11 is 1.26. The van der Waals surface area contributed by atoms with Crippen LogP contribution in [0.2, 0.25) is 0 Å². The largest absolute Gasteiger partial charge is 0.453 e. The van der Waals surface area contributed by atoms with Crippen molar-refractivity contribution >= 4 is 34.2 Å². The first-order valence-electron chi connectivity index (χ1n) is 7.36. The number of methoxy groups -OCH3 is 1.